The molecule has 0 aliphatic carbocycles. The second-order valence-electron chi connectivity index (χ2n) is 3.82. The van der Waals surface area contributed by atoms with E-state index in [0.717, 1.165) is 11.3 Å². The van der Waals surface area contributed by atoms with Crippen molar-refractivity contribution < 1.29 is 9.90 Å². The molecule has 17 heavy (non-hydrogen) atoms. The number of nitrogens with one attached hydrogen (secondary N) is 1. The van der Waals surface area contributed by atoms with Gasteiger partial charge in [-0.25, -0.2) is 0 Å². The van der Waals surface area contributed by atoms with Gasteiger partial charge < -0.3 is 10.4 Å². The smallest absolute Gasteiger partial charge is 0.255 e. The van der Waals surface area contributed by atoms with Crippen LogP contribution in [0.15, 0.2) is 48.5 Å². The number of carbonyl (C=O) groups excluding carboxylic acids is 1. The number of aryl methyl sites for hydroxylation is 1. The Morgan fingerprint density at radius 1 is 1.06 bits per heavy atom. The zero-order valence-electron chi connectivity index (χ0n) is 9.47. The van der Waals surface area contributed by atoms with Crippen LogP contribution in [-0.4, -0.2) is 11.0 Å². The number of benzene rings is 2. The fourth-order valence-corrected chi connectivity index (χ4v) is 1.52. The first-order valence-corrected chi connectivity index (χ1v) is 5.33. The molecule has 3 heteroatoms. The highest BCUT2D eigenvalue weighted by Crippen LogP contribution is 2.15. The number of para-hydroxylation sites is 1. The number of phenols is 1. The lowest BCUT2D eigenvalue weighted by molar-refractivity contribution is 0.102. The maximum Gasteiger partial charge on any atom is 0.255 e. The molecule has 0 aliphatic heterocycles. The minimum atomic E-state index is -0.181. The van der Waals surface area contributed by atoms with E-state index >= 15 is 0 Å². The van der Waals surface area contributed by atoms with Gasteiger partial charge in [0.2, 0.25) is 0 Å². The van der Waals surface area contributed by atoms with Crippen LogP contribution in [0.2, 0.25) is 0 Å². The third-order valence-electron chi connectivity index (χ3n) is 2.52. The van der Waals surface area contributed by atoms with Gasteiger partial charge in [0.15, 0.2) is 0 Å². The van der Waals surface area contributed by atoms with Gasteiger partial charge in [0, 0.05) is 11.3 Å². The SMILES string of the molecule is Cc1ccccc1NC(=O)c1ccc(O)cc1. The monoisotopic (exact) mass is 227 g/mol. The molecule has 2 N–H and O–H groups in total. The molecule has 0 heterocycles. The van der Waals surface area contributed by atoms with Crippen LogP contribution in [0.5, 0.6) is 5.75 Å². The molecule has 0 aromatic heterocycles. The van der Waals surface area contributed by atoms with E-state index in [1.54, 1.807) is 12.1 Å². The van der Waals surface area contributed by atoms with Crippen LogP contribution < -0.4 is 5.32 Å². The molecular weight excluding hydrogens is 214 g/mol. The average molecular weight is 227 g/mol. The van der Waals surface area contributed by atoms with E-state index in [0.29, 0.717) is 5.56 Å². The predicted molar refractivity (Wildman–Crippen MR) is 67.2 cm³/mol. The minimum absolute atomic E-state index is 0.150. The standard InChI is InChI=1S/C14H13NO2/c1-10-4-2-3-5-13(10)15-14(17)11-6-8-12(16)9-7-11/h2-9,16H,1H3,(H,15,17). The van der Waals surface area contributed by atoms with Crippen LogP contribution in [0.3, 0.4) is 0 Å². The minimum Gasteiger partial charge on any atom is -0.508 e. The Balaban J connectivity index is 2.17. The Labute approximate surface area is 99.7 Å². The van der Waals surface area contributed by atoms with E-state index in [9.17, 15) is 4.79 Å². The first-order chi connectivity index (χ1) is 8.16. The molecule has 0 saturated carbocycles. The highest BCUT2D eigenvalue weighted by atomic mass is 16.3. The van der Waals surface area contributed by atoms with Gasteiger partial charge in [0.05, 0.1) is 0 Å². The Kier molecular flexibility index (Phi) is 3.10. The van der Waals surface area contributed by atoms with Crippen molar-refractivity contribution in [2.45, 2.75) is 6.92 Å². The maximum absolute atomic E-state index is 11.9. The summed E-state index contributed by atoms with van der Waals surface area (Å²) in [6.07, 6.45) is 0. The van der Waals surface area contributed by atoms with Crippen molar-refractivity contribution in [3.05, 3.63) is 59.7 Å². The number of hydrogen-bond acceptors (Lipinski definition) is 2. The summed E-state index contributed by atoms with van der Waals surface area (Å²) in [7, 11) is 0. The maximum atomic E-state index is 11.9. The van der Waals surface area contributed by atoms with Crippen LogP contribution >= 0.6 is 0 Å². The van der Waals surface area contributed by atoms with Gasteiger partial charge in [-0.15, -0.1) is 0 Å². The van der Waals surface area contributed by atoms with Gasteiger partial charge in [0.25, 0.3) is 5.91 Å². The molecule has 0 aliphatic rings. The van der Waals surface area contributed by atoms with E-state index in [-0.39, 0.29) is 11.7 Å². The summed E-state index contributed by atoms with van der Waals surface area (Å²) in [5, 5.41) is 12.0. The van der Waals surface area contributed by atoms with Crippen molar-refractivity contribution in [1.82, 2.24) is 0 Å². The Hall–Kier alpha value is -2.29. The van der Waals surface area contributed by atoms with Gasteiger partial charge in [-0.3, -0.25) is 4.79 Å². The van der Waals surface area contributed by atoms with Crippen molar-refractivity contribution >= 4 is 11.6 Å². The molecule has 0 saturated heterocycles. The summed E-state index contributed by atoms with van der Waals surface area (Å²) in [6, 6.07) is 13.7. The highest BCUT2D eigenvalue weighted by Gasteiger charge is 2.06. The van der Waals surface area contributed by atoms with E-state index in [2.05, 4.69) is 5.32 Å². The lowest BCUT2D eigenvalue weighted by atomic mass is 10.1. The Bertz CT molecular complexity index is 532. The van der Waals surface area contributed by atoms with Gasteiger partial charge in [-0.05, 0) is 42.8 Å². The molecule has 0 radical (unpaired) electrons. The summed E-state index contributed by atoms with van der Waals surface area (Å²) in [4.78, 5) is 11.9. The van der Waals surface area contributed by atoms with Crippen LogP contribution in [0, 0.1) is 6.92 Å². The average Bonchev–Trinajstić information content (AvgIpc) is 2.33. The summed E-state index contributed by atoms with van der Waals surface area (Å²) in [6.45, 7) is 1.94. The second kappa shape index (κ2) is 4.70. The van der Waals surface area contributed by atoms with Gasteiger partial charge >= 0.3 is 0 Å². The molecule has 0 fully saturated rings. The molecule has 3 nitrogen and oxygen atoms in total. The van der Waals surface area contributed by atoms with Crippen LogP contribution in [0.25, 0.3) is 0 Å². The number of phenolic OH excluding ortho intramolecular Hbond substituents is 1. The number of amides is 1. The third-order valence-corrected chi connectivity index (χ3v) is 2.52. The van der Waals surface area contributed by atoms with Crippen molar-refractivity contribution in [1.29, 1.82) is 0 Å². The number of anilines is 1. The Morgan fingerprint density at radius 3 is 2.35 bits per heavy atom. The van der Waals surface area contributed by atoms with Crippen LogP contribution in [-0.2, 0) is 0 Å². The highest BCUT2D eigenvalue weighted by molar-refractivity contribution is 6.04. The number of aromatic hydroxyl groups is 1. The summed E-state index contributed by atoms with van der Waals surface area (Å²) in [5.74, 6) is -0.0308. The van der Waals surface area contributed by atoms with E-state index < -0.39 is 0 Å². The van der Waals surface area contributed by atoms with Gasteiger partial charge in [0.1, 0.15) is 5.75 Å². The molecule has 2 aromatic rings. The van der Waals surface area contributed by atoms with E-state index in [1.165, 1.54) is 12.1 Å². The fourth-order valence-electron chi connectivity index (χ4n) is 1.52. The second-order valence-corrected chi connectivity index (χ2v) is 3.82. The molecule has 0 atom stereocenters. The van der Waals surface area contributed by atoms with Gasteiger partial charge in [-0.2, -0.15) is 0 Å². The molecule has 1 amide bonds. The van der Waals surface area contributed by atoms with Crippen molar-refractivity contribution in [2.24, 2.45) is 0 Å². The summed E-state index contributed by atoms with van der Waals surface area (Å²) in [5.41, 5.74) is 2.33. The molecule has 2 rings (SSSR count). The van der Waals surface area contributed by atoms with Crippen LogP contribution in [0.4, 0.5) is 5.69 Å². The first kappa shape index (κ1) is 11.2. The first-order valence-electron chi connectivity index (χ1n) is 5.33. The zero-order valence-corrected chi connectivity index (χ0v) is 9.47. The molecule has 2 aromatic carbocycles. The predicted octanol–water partition coefficient (Wildman–Crippen LogP) is 2.95. The molecule has 0 unspecified atom stereocenters. The van der Waals surface area contributed by atoms with E-state index in [4.69, 9.17) is 5.11 Å². The quantitative estimate of drug-likeness (QED) is 0.828. The van der Waals surface area contributed by atoms with E-state index in [1.807, 2.05) is 31.2 Å². The zero-order chi connectivity index (χ0) is 12.3. The number of carbonyl (C=O) groups is 1. The summed E-state index contributed by atoms with van der Waals surface area (Å²) >= 11 is 0. The lowest BCUT2D eigenvalue weighted by Crippen LogP contribution is -2.12. The largest absolute Gasteiger partial charge is 0.508 e. The number of hydrogen-bond donors (Lipinski definition) is 2. The Morgan fingerprint density at radius 2 is 1.71 bits per heavy atom. The summed E-state index contributed by atoms with van der Waals surface area (Å²) < 4.78 is 0. The molecular formula is C14H13NO2. The van der Waals surface area contributed by atoms with Crippen LogP contribution in [0.1, 0.15) is 15.9 Å². The normalized spacial score (nSPS) is 9.94. The van der Waals surface area contributed by atoms with Crippen molar-refractivity contribution in [3.8, 4) is 5.75 Å². The van der Waals surface area contributed by atoms with Crippen molar-refractivity contribution in [2.75, 3.05) is 5.32 Å². The van der Waals surface area contributed by atoms with Gasteiger partial charge in [-0.1, -0.05) is 18.2 Å². The molecule has 86 valence electrons. The molecule has 0 spiro atoms. The topological polar surface area (TPSA) is 49.3 Å². The number of rotatable bonds is 2. The van der Waals surface area contributed by atoms with Crippen molar-refractivity contribution in [3.63, 3.8) is 0 Å². The molecule has 0 bridgehead atoms. The lowest BCUT2D eigenvalue weighted by Gasteiger charge is -2.07. The third kappa shape index (κ3) is 2.64. The fraction of sp³-hybridized carbons (Fsp3) is 0.0714.